The minimum atomic E-state index is 0.325. The standard InChI is InChI=1S/C14H24N4/c1-11-12(15)6-7-13(16-11)18(4)10-14(17(2)3)8-5-9-14/h6-7H,5,8-10,15H2,1-4H3. The van der Waals surface area contributed by atoms with Gasteiger partial charge in [0.05, 0.1) is 11.4 Å². The predicted octanol–water partition coefficient (Wildman–Crippen LogP) is 1.89. The van der Waals surface area contributed by atoms with Gasteiger partial charge in [0, 0.05) is 19.1 Å². The molecule has 1 fully saturated rings. The molecule has 18 heavy (non-hydrogen) atoms. The summed E-state index contributed by atoms with van der Waals surface area (Å²) in [5.41, 5.74) is 7.81. The highest BCUT2D eigenvalue weighted by atomic mass is 15.2. The van der Waals surface area contributed by atoms with E-state index in [0.717, 1.165) is 23.7 Å². The summed E-state index contributed by atoms with van der Waals surface area (Å²) in [6.45, 7) is 2.98. The summed E-state index contributed by atoms with van der Waals surface area (Å²) in [6, 6.07) is 3.95. The fourth-order valence-electron chi connectivity index (χ4n) is 2.63. The average molecular weight is 248 g/mol. The minimum Gasteiger partial charge on any atom is -0.397 e. The van der Waals surface area contributed by atoms with E-state index in [1.165, 1.54) is 19.3 Å². The highest BCUT2D eigenvalue weighted by Gasteiger charge is 2.40. The fourth-order valence-corrected chi connectivity index (χ4v) is 2.63. The first kappa shape index (κ1) is 13.1. The van der Waals surface area contributed by atoms with Crippen molar-refractivity contribution in [2.45, 2.75) is 31.7 Å². The van der Waals surface area contributed by atoms with Gasteiger partial charge in [0.15, 0.2) is 0 Å². The average Bonchev–Trinajstić information content (AvgIpc) is 2.26. The zero-order valence-electron chi connectivity index (χ0n) is 11.9. The first-order chi connectivity index (χ1) is 8.44. The SMILES string of the molecule is Cc1nc(N(C)CC2(N(C)C)CCC2)ccc1N. The van der Waals surface area contributed by atoms with Crippen LogP contribution in [0.5, 0.6) is 0 Å². The van der Waals surface area contributed by atoms with Crippen LogP contribution in [0.2, 0.25) is 0 Å². The highest BCUT2D eigenvalue weighted by Crippen LogP contribution is 2.37. The van der Waals surface area contributed by atoms with Gasteiger partial charge in [0.25, 0.3) is 0 Å². The van der Waals surface area contributed by atoms with Gasteiger partial charge in [0.1, 0.15) is 5.82 Å². The third-order valence-electron chi connectivity index (χ3n) is 4.27. The number of aryl methyl sites for hydroxylation is 1. The van der Waals surface area contributed by atoms with Crippen molar-refractivity contribution in [2.75, 3.05) is 38.3 Å². The van der Waals surface area contributed by atoms with Gasteiger partial charge in [-0.15, -0.1) is 0 Å². The van der Waals surface area contributed by atoms with Crippen molar-refractivity contribution in [1.29, 1.82) is 0 Å². The van der Waals surface area contributed by atoms with Crippen LogP contribution in [0.25, 0.3) is 0 Å². The smallest absolute Gasteiger partial charge is 0.128 e. The van der Waals surface area contributed by atoms with Gasteiger partial charge in [-0.3, -0.25) is 0 Å². The van der Waals surface area contributed by atoms with Crippen LogP contribution in [0.1, 0.15) is 25.0 Å². The van der Waals surface area contributed by atoms with Crippen molar-refractivity contribution >= 4 is 11.5 Å². The maximum atomic E-state index is 5.81. The molecule has 1 heterocycles. The van der Waals surface area contributed by atoms with E-state index in [1.807, 2.05) is 19.1 Å². The van der Waals surface area contributed by atoms with Crippen LogP contribution in [0.4, 0.5) is 11.5 Å². The van der Waals surface area contributed by atoms with Gasteiger partial charge in [-0.1, -0.05) is 0 Å². The van der Waals surface area contributed by atoms with Crippen LogP contribution in [0.15, 0.2) is 12.1 Å². The molecule has 0 aromatic carbocycles. The molecule has 0 saturated heterocycles. The Hall–Kier alpha value is -1.29. The van der Waals surface area contributed by atoms with E-state index >= 15 is 0 Å². The lowest BCUT2D eigenvalue weighted by atomic mass is 9.75. The molecule has 1 aliphatic carbocycles. The third kappa shape index (κ3) is 2.29. The monoisotopic (exact) mass is 248 g/mol. The molecule has 0 spiro atoms. The zero-order chi connectivity index (χ0) is 13.3. The second kappa shape index (κ2) is 4.76. The highest BCUT2D eigenvalue weighted by molar-refractivity contribution is 5.50. The van der Waals surface area contributed by atoms with E-state index < -0.39 is 0 Å². The number of aromatic nitrogens is 1. The summed E-state index contributed by atoms with van der Waals surface area (Å²) in [4.78, 5) is 9.16. The Kier molecular flexibility index (Phi) is 3.48. The Morgan fingerprint density at radius 2 is 1.94 bits per heavy atom. The summed E-state index contributed by atoms with van der Waals surface area (Å²) in [5, 5.41) is 0. The molecular weight excluding hydrogens is 224 g/mol. The Bertz CT molecular complexity index is 424. The second-order valence-electron chi connectivity index (χ2n) is 5.67. The molecule has 100 valence electrons. The number of pyridine rings is 1. The summed E-state index contributed by atoms with van der Waals surface area (Å²) in [7, 11) is 6.46. The minimum absolute atomic E-state index is 0.325. The summed E-state index contributed by atoms with van der Waals surface area (Å²) in [5.74, 6) is 1.01. The number of nitrogen functional groups attached to an aromatic ring is 1. The van der Waals surface area contributed by atoms with Crippen molar-refractivity contribution < 1.29 is 0 Å². The van der Waals surface area contributed by atoms with Crippen molar-refractivity contribution in [3.8, 4) is 0 Å². The van der Waals surface area contributed by atoms with Gasteiger partial charge >= 0.3 is 0 Å². The van der Waals surface area contributed by atoms with E-state index in [4.69, 9.17) is 5.73 Å². The molecule has 0 atom stereocenters. The molecule has 0 radical (unpaired) electrons. The Labute approximate surface area is 110 Å². The molecule has 1 aromatic rings. The summed E-state index contributed by atoms with van der Waals surface area (Å²) < 4.78 is 0. The van der Waals surface area contributed by atoms with E-state index in [2.05, 4.69) is 35.9 Å². The van der Waals surface area contributed by atoms with E-state index in [9.17, 15) is 0 Å². The molecule has 2 N–H and O–H groups in total. The number of anilines is 2. The van der Waals surface area contributed by atoms with Crippen LogP contribution < -0.4 is 10.6 Å². The van der Waals surface area contributed by atoms with Crippen LogP contribution in [0.3, 0.4) is 0 Å². The number of nitrogens with two attached hydrogens (primary N) is 1. The lowest BCUT2D eigenvalue weighted by molar-refractivity contribution is 0.0682. The Morgan fingerprint density at radius 3 is 2.39 bits per heavy atom. The van der Waals surface area contributed by atoms with Crippen molar-refractivity contribution in [3.63, 3.8) is 0 Å². The molecule has 0 bridgehead atoms. The van der Waals surface area contributed by atoms with E-state index in [1.54, 1.807) is 0 Å². The lowest BCUT2D eigenvalue weighted by Crippen LogP contribution is -2.56. The molecule has 1 aliphatic rings. The van der Waals surface area contributed by atoms with Gasteiger partial charge in [-0.25, -0.2) is 4.98 Å². The van der Waals surface area contributed by atoms with E-state index in [-0.39, 0.29) is 0 Å². The first-order valence-electron chi connectivity index (χ1n) is 6.56. The van der Waals surface area contributed by atoms with Crippen LogP contribution in [-0.2, 0) is 0 Å². The number of nitrogens with zero attached hydrogens (tertiary/aromatic N) is 3. The maximum absolute atomic E-state index is 5.81. The quantitative estimate of drug-likeness (QED) is 0.884. The number of hydrogen-bond donors (Lipinski definition) is 1. The lowest BCUT2D eigenvalue weighted by Gasteiger charge is -2.49. The number of rotatable bonds is 4. The molecule has 0 aliphatic heterocycles. The molecule has 4 heteroatoms. The van der Waals surface area contributed by atoms with Crippen LogP contribution >= 0.6 is 0 Å². The molecule has 2 rings (SSSR count). The summed E-state index contributed by atoms with van der Waals surface area (Å²) in [6.07, 6.45) is 3.89. The molecule has 0 amide bonds. The zero-order valence-corrected chi connectivity index (χ0v) is 11.9. The second-order valence-corrected chi connectivity index (χ2v) is 5.67. The Balaban J connectivity index is 2.11. The van der Waals surface area contributed by atoms with Crippen molar-refractivity contribution in [1.82, 2.24) is 9.88 Å². The Morgan fingerprint density at radius 1 is 1.28 bits per heavy atom. The fraction of sp³-hybridized carbons (Fsp3) is 0.643. The third-order valence-corrected chi connectivity index (χ3v) is 4.27. The van der Waals surface area contributed by atoms with E-state index in [0.29, 0.717) is 5.54 Å². The molecule has 1 aromatic heterocycles. The number of likely N-dealkylation sites (N-methyl/N-ethyl adjacent to an activating group) is 2. The normalized spacial score (nSPS) is 17.6. The number of hydrogen-bond acceptors (Lipinski definition) is 4. The van der Waals surface area contributed by atoms with Gasteiger partial charge in [0.2, 0.25) is 0 Å². The largest absolute Gasteiger partial charge is 0.397 e. The van der Waals surface area contributed by atoms with Gasteiger partial charge in [-0.2, -0.15) is 0 Å². The van der Waals surface area contributed by atoms with Crippen LogP contribution in [0, 0.1) is 6.92 Å². The summed E-state index contributed by atoms with van der Waals surface area (Å²) >= 11 is 0. The molecule has 0 unspecified atom stereocenters. The first-order valence-corrected chi connectivity index (χ1v) is 6.56. The molecular formula is C14H24N4. The molecule has 1 saturated carbocycles. The van der Waals surface area contributed by atoms with Crippen LogP contribution in [-0.4, -0.2) is 43.1 Å². The van der Waals surface area contributed by atoms with Crippen molar-refractivity contribution in [2.24, 2.45) is 0 Å². The predicted molar refractivity (Wildman–Crippen MR) is 76.9 cm³/mol. The molecule has 4 nitrogen and oxygen atoms in total. The van der Waals surface area contributed by atoms with Gasteiger partial charge in [-0.05, 0) is 52.4 Å². The maximum Gasteiger partial charge on any atom is 0.128 e. The van der Waals surface area contributed by atoms with Crippen molar-refractivity contribution in [3.05, 3.63) is 17.8 Å². The topological polar surface area (TPSA) is 45.4 Å². The van der Waals surface area contributed by atoms with Gasteiger partial charge < -0.3 is 15.5 Å².